The van der Waals surface area contributed by atoms with E-state index in [9.17, 15) is 0 Å². The van der Waals surface area contributed by atoms with Gasteiger partial charge in [-0.25, -0.2) is 0 Å². The Bertz CT molecular complexity index is 1770. The third kappa shape index (κ3) is 5.43. The Labute approximate surface area is 266 Å². The van der Waals surface area contributed by atoms with Crippen LogP contribution in [0.2, 0.25) is 0 Å². The Balaban J connectivity index is 1.52. The van der Waals surface area contributed by atoms with Gasteiger partial charge in [-0.3, -0.25) is 0 Å². The molecule has 0 amide bonds. The zero-order chi connectivity index (χ0) is 29.8. The monoisotopic (exact) mass is 678 g/mol. The Kier molecular flexibility index (Phi) is 7.35. The largest absolute Gasteiger partial charge is 0.311 e. The molecule has 0 aliphatic rings. The van der Waals surface area contributed by atoms with Crippen molar-refractivity contribution < 1.29 is 0 Å². The summed E-state index contributed by atoms with van der Waals surface area (Å²) in [5.74, 6) is 0. The maximum absolute atomic E-state index is 3.59. The molecule has 0 aliphatic carbocycles. The summed E-state index contributed by atoms with van der Waals surface area (Å²) in [7, 11) is 0. The number of aromatic nitrogens is 1. The molecule has 0 bridgehead atoms. The molecule has 0 aliphatic heterocycles. The van der Waals surface area contributed by atoms with E-state index in [4.69, 9.17) is 0 Å². The predicted octanol–water partition coefficient (Wildman–Crippen LogP) is 12.4. The molecule has 6 aromatic rings. The summed E-state index contributed by atoms with van der Waals surface area (Å²) in [6.45, 7) is 13.7. The van der Waals surface area contributed by atoms with Gasteiger partial charge in [0.25, 0.3) is 0 Å². The number of nitrogens with zero attached hydrogens (tertiary/aromatic N) is 2. The first kappa shape index (κ1) is 28.8. The zero-order valence-corrected chi connectivity index (χ0v) is 28.2. The molecular weight excluding hydrogens is 644 g/mol. The number of hydrogen-bond donors (Lipinski definition) is 0. The Hall–Kier alpha value is -3.34. The molecule has 42 heavy (non-hydrogen) atoms. The number of halogens is 2. The molecule has 0 fully saturated rings. The topological polar surface area (TPSA) is 8.17 Å². The van der Waals surface area contributed by atoms with Crippen LogP contribution in [0.15, 0.2) is 118 Å². The van der Waals surface area contributed by atoms with E-state index in [0.29, 0.717) is 0 Å². The molecule has 2 nitrogen and oxygen atoms in total. The van der Waals surface area contributed by atoms with E-state index in [1.165, 1.54) is 32.9 Å². The van der Waals surface area contributed by atoms with Gasteiger partial charge in [0.2, 0.25) is 0 Å². The van der Waals surface area contributed by atoms with Gasteiger partial charge in [0.15, 0.2) is 0 Å². The molecule has 0 saturated carbocycles. The van der Waals surface area contributed by atoms with Crippen LogP contribution < -0.4 is 4.90 Å². The summed E-state index contributed by atoms with van der Waals surface area (Å²) in [6.07, 6.45) is 0. The molecule has 1 aromatic heterocycles. The minimum absolute atomic E-state index is 0.0788. The summed E-state index contributed by atoms with van der Waals surface area (Å²) < 4.78 is 4.54. The highest BCUT2D eigenvalue weighted by Crippen LogP contribution is 2.39. The van der Waals surface area contributed by atoms with E-state index in [0.717, 1.165) is 31.7 Å². The van der Waals surface area contributed by atoms with E-state index < -0.39 is 0 Å². The van der Waals surface area contributed by atoms with Crippen LogP contribution in [0.1, 0.15) is 52.7 Å². The van der Waals surface area contributed by atoms with Crippen LogP contribution in [-0.4, -0.2) is 4.57 Å². The standard InChI is InChI=1S/C38H36Br2N2/c1-37(2,3)25-7-21-35-33(23-25)34-24-26(38(4,5)6)8-22-36(34)42(35)32-19-17-31(18-20-32)41(29-13-9-27(39)10-14-29)30-15-11-28(40)12-16-30/h7-24H,1-6H3. The zero-order valence-electron chi connectivity index (χ0n) is 25.0. The number of rotatable bonds is 4. The number of benzene rings is 5. The molecule has 6 rings (SSSR count). The van der Waals surface area contributed by atoms with Crippen molar-refractivity contribution in [3.05, 3.63) is 129 Å². The summed E-state index contributed by atoms with van der Waals surface area (Å²) in [4.78, 5) is 2.29. The highest BCUT2D eigenvalue weighted by Gasteiger charge is 2.21. The van der Waals surface area contributed by atoms with Crippen LogP contribution in [0, 0.1) is 0 Å². The van der Waals surface area contributed by atoms with Crippen LogP contribution in [0.25, 0.3) is 27.5 Å². The molecule has 0 unspecified atom stereocenters. The molecule has 0 N–H and O–H groups in total. The minimum atomic E-state index is 0.0788. The summed E-state index contributed by atoms with van der Waals surface area (Å²) in [5.41, 5.74) is 9.79. The highest BCUT2D eigenvalue weighted by atomic mass is 79.9. The lowest BCUT2D eigenvalue weighted by atomic mass is 9.85. The Morgan fingerprint density at radius 2 is 0.833 bits per heavy atom. The minimum Gasteiger partial charge on any atom is -0.311 e. The third-order valence-electron chi connectivity index (χ3n) is 8.03. The maximum Gasteiger partial charge on any atom is 0.0541 e. The van der Waals surface area contributed by atoms with E-state index in [1.807, 2.05) is 0 Å². The second-order valence-corrected chi connectivity index (χ2v) is 14.9. The summed E-state index contributed by atoms with van der Waals surface area (Å²) >= 11 is 7.18. The lowest BCUT2D eigenvalue weighted by Crippen LogP contribution is -2.10. The van der Waals surface area contributed by atoms with Crippen molar-refractivity contribution in [2.45, 2.75) is 52.4 Å². The van der Waals surface area contributed by atoms with Crippen LogP contribution in [0.5, 0.6) is 0 Å². The van der Waals surface area contributed by atoms with Crippen molar-refractivity contribution in [2.24, 2.45) is 0 Å². The predicted molar refractivity (Wildman–Crippen MR) is 188 cm³/mol. The fourth-order valence-corrected chi connectivity index (χ4v) is 6.14. The first-order valence-electron chi connectivity index (χ1n) is 14.4. The van der Waals surface area contributed by atoms with Crippen LogP contribution >= 0.6 is 31.9 Å². The fourth-order valence-electron chi connectivity index (χ4n) is 5.61. The third-order valence-corrected chi connectivity index (χ3v) is 9.09. The normalized spacial score (nSPS) is 12.3. The van der Waals surface area contributed by atoms with E-state index >= 15 is 0 Å². The second-order valence-electron chi connectivity index (χ2n) is 13.1. The van der Waals surface area contributed by atoms with Crippen molar-refractivity contribution in [3.63, 3.8) is 0 Å². The van der Waals surface area contributed by atoms with Gasteiger partial charge in [-0.05, 0) is 119 Å². The quantitative estimate of drug-likeness (QED) is 0.180. The maximum atomic E-state index is 3.59. The van der Waals surface area contributed by atoms with Gasteiger partial charge in [0.05, 0.1) is 11.0 Å². The van der Waals surface area contributed by atoms with Crippen LogP contribution in [-0.2, 0) is 10.8 Å². The highest BCUT2D eigenvalue weighted by molar-refractivity contribution is 9.10. The van der Waals surface area contributed by atoms with Gasteiger partial charge in [-0.1, -0.05) is 85.5 Å². The first-order chi connectivity index (χ1) is 19.9. The average molecular weight is 681 g/mol. The fraction of sp³-hybridized carbons (Fsp3) is 0.211. The SMILES string of the molecule is CC(C)(C)c1ccc2c(c1)c1cc(C(C)(C)C)ccc1n2-c1ccc(N(c2ccc(Br)cc2)c2ccc(Br)cc2)cc1. The molecule has 0 atom stereocenters. The van der Waals surface area contributed by atoms with E-state index in [1.54, 1.807) is 0 Å². The molecular formula is C38H36Br2N2. The molecule has 212 valence electrons. The molecule has 0 saturated heterocycles. The second kappa shape index (κ2) is 10.7. The number of anilines is 3. The van der Waals surface area contributed by atoms with Crippen molar-refractivity contribution in [1.29, 1.82) is 0 Å². The van der Waals surface area contributed by atoms with Gasteiger partial charge < -0.3 is 9.47 Å². The van der Waals surface area contributed by atoms with E-state index in [2.05, 4.69) is 192 Å². The lowest BCUT2D eigenvalue weighted by molar-refractivity contribution is 0.590. The lowest BCUT2D eigenvalue weighted by Gasteiger charge is -2.26. The number of fused-ring (bicyclic) bond motifs is 3. The smallest absolute Gasteiger partial charge is 0.0541 e. The summed E-state index contributed by atoms with van der Waals surface area (Å²) in [5, 5.41) is 2.61. The Morgan fingerprint density at radius 3 is 1.19 bits per heavy atom. The van der Waals surface area contributed by atoms with Crippen molar-refractivity contribution in [1.82, 2.24) is 4.57 Å². The average Bonchev–Trinajstić information content (AvgIpc) is 3.28. The van der Waals surface area contributed by atoms with Gasteiger partial charge >= 0.3 is 0 Å². The van der Waals surface area contributed by atoms with Gasteiger partial charge in [0, 0.05) is 42.5 Å². The molecule has 0 spiro atoms. The molecule has 4 heteroatoms. The van der Waals surface area contributed by atoms with Gasteiger partial charge in [-0.15, -0.1) is 0 Å². The van der Waals surface area contributed by atoms with Crippen molar-refractivity contribution in [3.8, 4) is 5.69 Å². The summed E-state index contributed by atoms with van der Waals surface area (Å²) in [6, 6.07) is 39.9. The van der Waals surface area contributed by atoms with Crippen LogP contribution in [0.4, 0.5) is 17.1 Å². The Morgan fingerprint density at radius 1 is 0.476 bits per heavy atom. The van der Waals surface area contributed by atoms with Crippen molar-refractivity contribution >= 4 is 70.7 Å². The molecule has 5 aromatic carbocycles. The molecule has 1 heterocycles. The van der Waals surface area contributed by atoms with Crippen molar-refractivity contribution in [2.75, 3.05) is 4.90 Å². The van der Waals surface area contributed by atoms with Crippen LogP contribution in [0.3, 0.4) is 0 Å². The molecule has 0 radical (unpaired) electrons. The van der Waals surface area contributed by atoms with Gasteiger partial charge in [-0.2, -0.15) is 0 Å². The first-order valence-corrected chi connectivity index (χ1v) is 16.0. The van der Waals surface area contributed by atoms with E-state index in [-0.39, 0.29) is 10.8 Å². The number of hydrogen-bond acceptors (Lipinski definition) is 1. The van der Waals surface area contributed by atoms with Gasteiger partial charge in [0.1, 0.15) is 0 Å².